The highest BCUT2D eigenvalue weighted by Gasteiger charge is 2.41. The summed E-state index contributed by atoms with van der Waals surface area (Å²) in [6, 6.07) is 3.94. The van der Waals surface area contributed by atoms with E-state index in [-0.39, 0.29) is 22.9 Å². The van der Waals surface area contributed by atoms with Crippen LogP contribution in [0.1, 0.15) is 42.5 Å². The van der Waals surface area contributed by atoms with Crippen LogP contribution in [0.4, 0.5) is 4.39 Å². The molecule has 0 bridgehead atoms. The summed E-state index contributed by atoms with van der Waals surface area (Å²) in [6.07, 6.45) is 5.23. The molecule has 1 aliphatic heterocycles. The van der Waals surface area contributed by atoms with E-state index in [1.165, 1.54) is 24.6 Å². The first kappa shape index (κ1) is 13.4. The lowest BCUT2D eigenvalue weighted by atomic mass is 9.70. The Morgan fingerprint density at radius 2 is 2.25 bits per heavy atom. The second-order valence-electron chi connectivity index (χ2n) is 5.86. The molecule has 0 radical (unpaired) electrons. The van der Waals surface area contributed by atoms with Crippen molar-refractivity contribution in [3.63, 3.8) is 0 Å². The van der Waals surface area contributed by atoms with Crippen LogP contribution in [-0.2, 0) is 0 Å². The fourth-order valence-corrected chi connectivity index (χ4v) is 3.26. The number of carbonyl (C=O) groups excluding carboxylic acids is 1. The molecule has 1 aromatic carbocycles. The Kier molecular flexibility index (Phi) is 3.38. The van der Waals surface area contributed by atoms with Gasteiger partial charge in [0, 0.05) is 11.6 Å². The number of amides is 1. The highest BCUT2D eigenvalue weighted by atomic mass is 19.1. The van der Waals surface area contributed by atoms with Gasteiger partial charge in [-0.25, -0.2) is 4.39 Å². The first-order valence-electron chi connectivity index (χ1n) is 7.13. The van der Waals surface area contributed by atoms with Gasteiger partial charge in [-0.1, -0.05) is 6.07 Å². The molecule has 0 aromatic heterocycles. The van der Waals surface area contributed by atoms with E-state index in [4.69, 9.17) is 0 Å². The third kappa shape index (κ3) is 2.38. The molecule has 1 heterocycles. The average Bonchev–Trinajstić information content (AvgIpc) is 2.37. The second-order valence-corrected chi connectivity index (χ2v) is 5.86. The van der Waals surface area contributed by atoms with E-state index in [1.807, 2.05) is 0 Å². The van der Waals surface area contributed by atoms with Crippen molar-refractivity contribution >= 4 is 5.91 Å². The molecule has 1 saturated carbocycles. The van der Waals surface area contributed by atoms with E-state index >= 15 is 0 Å². The van der Waals surface area contributed by atoms with Crippen LogP contribution >= 0.6 is 0 Å². The molecule has 3 rings (SSSR count). The number of aromatic hydroxyl groups is 1. The van der Waals surface area contributed by atoms with Gasteiger partial charge in [0.2, 0.25) is 0 Å². The summed E-state index contributed by atoms with van der Waals surface area (Å²) in [5.41, 5.74) is -0.0818. The number of hydrogen-bond donors (Lipinski definition) is 3. The summed E-state index contributed by atoms with van der Waals surface area (Å²) in [4.78, 5) is 12.1. The zero-order valence-corrected chi connectivity index (χ0v) is 11.3. The van der Waals surface area contributed by atoms with Gasteiger partial charge in [0.05, 0.1) is 0 Å². The van der Waals surface area contributed by atoms with Crippen LogP contribution in [0.2, 0.25) is 0 Å². The van der Waals surface area contributed by atoms with E-state index < -0.39 is 11.7 Å². The Hall–Kier alpha value is -1.62. The number of phenolic OH excluding ortho intramolecular Hbond substituents is 1. The third-order valence-electron chi connectivity index (χ3n) is 4.49. The van der Waals surface area contributed by atoms with Gasteiger partial charge in [-0.2, -0.15) is 0 Å². The second kappa shape index (κ2) is 5.05. The van der Waals surface area contributed by atoms with Crippen LogP contribution in [0.25, 0.3) is 0 Å². The van der Waals surface area contributed by atoms with Gasteiger partial charge in [-0.3, -0.25) is 4.79 Å². The van der Waals surface area contributed by atoms with Crippen LogP contribution < -0.4 is 10.6 Å². The number of hydrogen-bond acceptors (Lipinski definition) is 3. The first-order chi connectivity index (χ1) is 9.60. The van der Waals surface area contributed by atoms with Gasteiger partial charge >= 0.3 is 0 Å². The lowest BCUT2D eigenvalue weighted by Crippen LogP contribution is -2.59. The van der Waals surface area contributed by atoms with Crippen molar-refractivity contribution in [2.75, 3.05) is 6.54 Å². The number of benzene rings is 1. The van der Waals surface area contributed by atoms with Gasteiger partial charge in [-0.05, 0) is 50.8 Å². The molecule has 3 N–H and O–H groups in total. The predicted octanol–water partition coefficient (Wildman–Crippen LogP) is 1.94. The van der Waals surface area contributed by atoms with Crippen molar-refractivity contribution in [2.24, 2.45) is 0 Å². The monoisotopic (exact) mass is 278 g/mol. The molecule has 4 nitrogen and oxygen atoms in total. The standard InChI is InChI=1S/C15H19FN2O2/c16-11-3-1-4-12(19)13(11)14(20)18-10-5-8-17-15(9-10)6-2-7-15/h1,3-4,10,17,19H,2,5-9H2,(H,18,20). The normalized spacial score (nSPS) is 24.1. The Morgan fingerprint density at radius 1 is 1.45 bits per heavy atom. The molecule has 2 aliphatic rings. The summed E-state index contributed by atoms with van der Waals surface area (Å²) >= 11 is 0. The summed E-state index contributed by atoms with van der Waals surface area (Å²) in [5.74, 6) is -1.52. The number of rotatable bonds is 2. The van der Waals surface area contributed by atoms with Crippen molar-refractivity contribution < 1.29 is 14.3 Å². The maximum atomic E-state index is 13.7. The maximum Gasteiger partial charge on any atom is 0.258 e. The van der Waals surface area contributed by atoms with Crippen LogP contribution in [0.3, 0.4) is 0 Å². The minimum atomic E-state index is -0.685. The number of carbonyl (C=O) groups is 1. The number of halogens is 1. The molecule has 20 heavy (non-hydrogen) atoms. The van der Waals surface area contributed by atoms with E-state index in [0.717, 1.165) is 32.2 Å². The van der Waals surface area contributed by atoms with Crippen LogP contribution in [0, 0.1) is 5.82 Å². The van der Waals surface area contributed by atoms with Crippen molar-refractivity contribution in [3.8, 4) is 5.75 Å². The maximum absolute atomic E-state index is 13.7. The van der Waals surface area contributed by atoms with Crippen LogP contribution in [-0.4, -0.2) is 29.1 Å². The molecule has 1 atom stereocenters. The van der Waals surface area contributed by atoms with Crippen molar-refractivity contribution in [1.82, 2.24) is 10.6 Å². The lowest BCUT2D eigenvalue weighted by Gasteiger charge is -2.48. The van der Waals surface area contributed by atoms with E-state index in [1.54, 1.807) is 0 Å². The van der Waals surface area contributed by atoms with E-state index in [0.29, 0.717) is 0 Å². The Labute approximate surface area is 117 Å². The summed E-state index contributed by atoms with van der Waals surface area (Å²) in [6.45, 7) is 0.869. The Morgan fingerprint density at radius 3 is 2.90 bits per heavy atom. The highest BCUT2D eigenvalue weighted by Crippen LogP contribution is 2.38. The molecule has 2 fully saturated rings. The van der Waals surface area contributed by atoms with E-state index in [9.17, 15) is 14.3 Å². The molecule has 1 spiro atoms. The first-order valence-corrected chi connectivity index (χ1v) is 7.13. The SMILES string of the molecule is O=C(NC1CCNC2(CCC2)C1)c1c(O)cccc1F. The Bertz CT molecular complexity index is 508. The number of phenols is 1. The van der Waals surface area contributed by atoms with Crippen LogP contribution in [0.5, 0.6) is 5.75 Å². The summed E-state index contributed by atoms with van der Waals surface area (Å²) in [5, 5.41) is 16.0. The largest absolute Gasteiger partial charge is 0.507 e. The topological polar surface area (TPSA) is 61.4 Å². The zero-order valence-electron chi connectivity index (χ0n) is 11.3. The van der Waals surface area contributed by atoms with Gasteiger partial charge in [-0.15, -0.1) is 0 Å². The van der Waals surface area contributed by atoms with Gasteiger partial charge in [0.1, 0.15) is 17.1 Å². The molecule has 1 unspecified atom stereocenters. The summed E-state index contributed by atoms with van der Waals surface area (Å²) in [7, 11) is 0. The number of piperidine rings is 1. The predicted molar refractivity (Wildman–Crippen MR) is 73.1 cm³/mol. The van der Waals surface area contributed by atoms with Crippen molar-refractivity contribution in [3.05, 3.63) is 29.6 Å². The summed E-state index contributed by atoms with van der Waals surface area (Å²) < 4.78 is 13.7. The molecule has 1 aromatic rings. The quantitative estimate of drug-likeness (QED) is 0.774. The molecule has 5 heteroatoms. The smallest absolute Gasteiger partial charge is 0.258 e. The fraction of sp³-hybridized carbons (Fsp3) is 0.533. The highest BCUT2D eigenvalue weighted by molar-refractivity contribution is 5.97. The molecule has 108 valence electrons. The fourth-order valence-electron chi connectivity index (χ4n) is 3.26. The van der Waals surface area contributed by atoms with Gasteiger partial charge < -0.3 is 15.7 Å². The Balaban J connectivity index is 1.69. The molecule has 1 saturated heterocycles. The molecule has 1 aliphatic carbocycles. The van der Waals surface area contributed by atoms with Crippen molar-refractivity contribution in [2.45, 2.75) is 43.7 Å². The van der Waals surface area contributed by atoms with E-state index in [2.05, 4.69) is 10.6 Å². The average molecular weight is 278 g/mol. The minimum absolute atomic E-state index is 0.0445. The number of nitrogens with one attached hydrogen (secondary N) is 2. The van der Waals surface area contributed by atoms with Gasteiger partial charge in [0.15, 0.2) is 0 Å². The van der Waals surface area contributed by atoms with Crippen molar-refractivity contribution in [1.29, 1.82) is 0 Å². The molecule has 1 amide bonds. The zero-order chi connectivity index (χ0) is 14.2. The van der Waals surface area contributed by atoms with Crippen LogP contribution in [0.15, 0.2) is 18.2 Å². The third-order valence-corrected chi connectivity index (χ3v) is 4.49. The van der Waals surface area contributed by atoms with Gasteiger partial charge in [0.25, 0.3) is 5.91 Å². The lowest BCUT2D eigenvalue weighted by molar-refractivity contribution is 0.0847. The minimum Gasteiger partial charge on any atom is -0.507 e. The molecular weight excluding hydrogens is 259 g/mol. The molecular formula is C15H19FN2O2.